The minimum absolute atomic E-state index is 0.0126. The maximum atomic E-state index is 12.4. The summed E-state index contributed by atoms with van der Waals surface area (Å²) in [6.07, 6.45) is -0.864. The summed E-state index contributed by atoms with van der Waals surface area (Å²) in [5.41, 5.74) is 4.55. The van der Waals surface area contributed by atoms with Crippen molar-refractivity contribution in [1.29, 1.82) is 0 Å². The molecular formula is C25H30N2O6. The molecule has 0 saturated carbocycles. The molecule has 1 aliphatic rings. The number of carbonyl (C=O) groups is 3. The Kier molecular flexibility index (Phi) is 8.06. The third kappa shape index (κ3) is 5.90. The van der Waals surface area contributed by atoms with E-state index in [4.69, 9.17) is 9.84 Å². The van der Waals surface area contributed by atoms with Crippen LogP contribution in [0, 0.1) is 0 Å². The minimum Gasteiger partial charge on any atom is -0.480 e. The number of aliphatic hydroxyl groups excluding tert-OH is 1. The number of fused-ring (bicyclic) bond motifs is 3. The molecule has 2 amide bonds. The van der Waals surface area contributed by atoms with Crippen LogP contribution in [0.3, 0.4) is 0 Å². The number of carbonyl (C=O) groups excluding carboxylic acids is 2. The highest BCUT2D eigenvalue weighted by molar-refractivity contribution is 5.84. The molecule has 0 saturated heterocycles. The molecule has 3 atom stereocenters. The van der Waals surface area contributed by atoms with Crippen LogP contribution in [0.25, 0.3) is 11.1 Å². The highest BCUT2D eigenvalue weighted by Gasteiger charge is 2.29. The Labute approximate surface area is 193 Å². The van der Waals surface area contributed by atoms with Crippen molar-refractivity contribution >= 4 is 18.0 Å². The van der Waals surface area contributed by atoms with E-state index in [1.807, 2.05) is 43.3 Å². The lowest BCUT2D eigenvalue weighted by molar-refractivity contribution is -0.144. The van der Waals surface area contributed by atoms with Gasteiger partial charge in [-0.1, -0.05) is 55.5 Å². The number of amides is 2. The molecule has 0 radical (unpaired) electrons. The first kappa shape index (κ1) is 24.3. The van der Waals surface area contributed by atoms with Crippen molar-refractivity contribution in [2.75, 3.05) is 6.61 Å². The van der Waals surface area contributed by atoms with Gasteiger partial charge < -0.3 is 25.6 Å². The van der Waals surface area contributed by atoms with Gasteiger partial charge in [-0.15, -0.1) is 0 Å². The van der Waals surface area contributed by atoms with Crippen molar-refractivity contribution < 1.29 is 29.3 Å². The van der Waals surface area contributed by atoms with Crippen LogP contribution in [0.2, 0.25) is 0 Å². The number of hydrogen-bond acceptors (Lipinski definition) is 5. The summed E-state index contributed by atoms with van der Waals surface area (Å²) in [6, 6.07) is 14.5. The van der Waals surface area contributed by atoms with Gasteiger partial charge in [0.15, 0.2) is 6.04 Å². The number of aliphatic carboxylic acids is 1. The quantitative estimate of drug-likeness (QED) is 0.437. The zero-order chi connectivity index (χ0) is 24.0. The average molecular weight is 455 g/mol. The van der Waals surface area contributed by atoms with Crippen LogP contribution in [0.1, 0.15) is 50.2 Å². The van der Waals surface area contributed by atoms with Crippen molar-refractivity contribution in [3.05, 3.63) is 59.7 Å². The van der Waals surface area contributed by atoms with Crippen LogP contribution in [0.5, 0.6) is 0 Å². The lowest BCUT2D eigenvalue weighted by atomic mass is 9.98. The molecule has 2 aromatic carbocycles. The topological polar surface area (TPSA) is 125 Å². The monoisotopic (exact) mass is 454 g/mol. The van der Waals surface area contributed by atoms with E-state index >= 15 is 0 Å². The van der Waals surface area contributed by atoms with Gasteiger partial charge in [0, 0.05) is 18.4 Å². The van der Waals surface area contributed by atoms with Gasteiger partial charge in [-0.25, -0.2) is 9.59 Å². The molecule has 0 aromatic heterocycles. The molecule has 0 spiro atoms. The summed E-state index contributed by atoms with van der Waals surface area (Å²) in [6.45, 7) is 3.38. The standard InChI is InChI=1S/C25H30N2O6/c1-3-16(12-13-22(29)27-23(15(2)28)24(30)31)26-25(32)33-14-21-19-10-6-4-8-17(19)18-9-5-7-11-20(18)21/h4-11,15-16,21,23,28H,3,12-14H2,1-2H3,(H,26,32)(H,27,29)(H,30,31). The summed E-state index contributed by atoms with van der Waals surface area (Å²) in [7, 11) is 0. The van der Waals surface area contributed by atoms with Gasteiger partial charge in [0.1, 0.15) is 6.61 Å². The van der Waals surface area contributed by atoms with Crippen LogP contribution < -0.4 is 10.6 Å². The van der Waals surface area contributed by atoms with E-state index in [1.54, 1.807) is 0 Å². The Bertz CT molecular complexity index is 960. The van der Waals surface area contributed by atoms with E-state index in [2.05, 4.69) is 22.8 Å². The molecule has 176 valence electrons. The zero-order valence-corrected chi connectivity index (χ0v) is 18.8. The predicted octanol–water partition coefficient (Wildman–Crippen LogP) is 3.03. The molecule has 0 heterocycles. The summed E-state index contributed by atoms with van der Waals surface area (Å²) in [5.74, 6) is -1.85. The fourth-order valence-corrected chi connectivity index (χ4v) is 4.12. The van der Waals surface area contributed by atoms with E-state index in [1.165, 1.54) is 6.92 Å². The van der Waals surface area contributed by atoms with Gasteiger partial charge >= 0.3 is 12.1 Å². The summed E-state index contributed by atoms with van der Waals surface area (Å²) in [5, 5.41) is 23.6. The lowest BCUT2D eigenvalue weighted by Gasteiger charge is -2.20. The number of nitrogens with one attached hydrogen (secondary N) is 2. The fraction of sp³-hybridized carbons (Fsp3) is 0.400. The summed E-state index contributed by atoms with van der Waals surface area (Å²) in [4.78, 5) is 35.6. The molecular weight excluding hydrogens is 424 g/mol. The largest absolute Gasteiger partial charge is 0.480 e. The van der Waals surface area contributed by atoms with Crippen LogP contribution in [-0.4, -0.2) is 53.0 Å². The third-order valence-corrected chi connectivity index (χ3v) is 5.94. The normalized spacial score (nSPS) is 15.0. The Morgan fingerprint density at radius 2 is 1.58 bits per heavy atom. The second-order valence-electron chi connectivity index (χ2n) is 8.24. The second kappa shape index (κ2) is 11.0. The van der Waals surface area contributed by atoms with E-state index in [9.17, 15) is 19.5 Å². The van der Waals surface area contributed by atoms with Crippen molar-refractivity contribution in [2.45, 2.75) is 57.2 Å². The average Bonchev–Trinajstić information content (AvgIpc) is 3.12. The molecule has 3 unspecified atom stereocenters. The maximum Gasteiger partial charge on any atom is 0.407 e. The molecule has 0 bridgehead atoms. The second-order valence-corrected chi connectivity index (χ2v) is 8.24. The summed E-state index contributed by atoms with van der Waals surface area (Å²) >= 11 is 0. The molecule has 8 heteroatoms. The third-order valence-electron chi connectivity index (χ3n) is 5.94. The van der Waals surface area contributed by atoms with Crippen LogP contribution in [0.15, 0.2) is 48.5 Å². The van der Waals surface area contributed by atoms with Gasteiger partial charge in [-0.2, -0.15) is 0 Å². The van der Waals surface area contributed by atoms with Crippen LogP contribution in [-0.2, 0) is 14.3 Å². The molecule has 1 aliphatic carbocycles. The molecule has 3 rings (SSSR count). The molecule has 4 N–H and O–H groups in total. The first-order valence-corrected chi connectivity index (χ1v) is 11.1. The number of rotatable bonds is 10. The number of benzene rings is 2. The molecule has 8 nitrogen and oxygen atoms in total. The maximum absolute atomic E-state index is 12.4. The first-order valence-electron chi connectivity index (χ1n) is 11.1. The zero-order valence-electron chi connectivity index (χ0n) is 18.8. The molecule has 0 fully saturated rings. The lowest BCUT2D eigenvalue weighted by Crippen LogP contribution is -2.48. The smallest absolute Gasteiger partial charge is 0.407 e. The van der Waals surface area contributed by atoms with Crippen molar-refractivity contribution in [2.24, 2.45) is 0 Å². The highest BCUT2D eigenvalue weighted by Crippen LogP contribution is 2.44. The van der Waals surface area contributed by atoms with Gasteiger partial charge in [-0.05, 0) is 42.0 Å². The van der Waals surface area contributed by atoms with Gasteiger partial charge in [0.25, 0.3) is 0 Å². The van der Waals surface area contributed by atoms with Crippen LogP contribution >= 0.6 is 0 Å². The Morgan fingerprint density at radius 3 is 2.09 bits per heavy atom. The number of carboxylic acids is 1. The SMILES string of the molecule is CCC(CCC(=O)NC(C(=O)O)C(C)O)NC(=O)OCC1c2ccccc2-c2ccccc21. The fourth-order valence-electron chi connectivity index (χ4n) is 4.12. The van der Waals surface area contributed by atoms with E-state index < -0.39 is 30.1 Å². The highest BCUT2D eigenvalue weighted by atomic mass is 16.5. The molecule has 2 aromatic rings. The van der Waals surface area contributed by atoms with E-state index in [0.717, 1.165) is 22.3 Å². The van der Waals surface area contributed by atoms with Crippen LogP contribution in [0.4, 0.5) is 4.79 Å². The van der Waals surface area contributed by atoms with Gasteiger partial charge in [-0.3, -0.25) is 4.79 Å². The van der Waals surface area contributed by atoms with Gasteiger partial charge in [0.2, 0.25) is 5.91 Å². The number of ether oxygens (including phenoxy) is 1. The van der Waals surface area contributed by atoms with Crippen molar-refractivity contribution in [3.8, 4) is 11.1 Å². The Morgan fingerprint density at radius 1 is 1.00 bits per heavy atom. The Hall–Kier alpha value is -3.39. The number of aliphatic hydroxyl groups is 1. The summed E-state index contributed by atoms with van der Waals surface area (Å²) < 4.78 is 5.54. The minimum atomic E-state index is -1.37. The number of carboxylic acid groups (broad SMARTS) is 1. The van der Waals surface area contributed by atoms with Crippen molar-refractivity contribution in [1.82, 2.24) is 10.6 Å². The van der Waals surface area contributed by atoms with Crippen molar-refractivity contribution in [3.63, 3.8) is 0 Å². The predicted molar refractivity (Wildman–Crippen MR) is 123 cm³/mol. The first-order chi connectivity index (χ1) is 15.8. The van der Waals surface area contributed by atoms with E-state index in [-0.39, 0.29) is 25.0 Å². The van der Waals surface area contributed by atoms with Gasteiger partial charge in [0.05, 0.1) is 6.10 Å². The molecule has 0 aliphatic heterocycles. The number of hydrogen-bond donors (Lipinski definition) is 4. The molecule has 33 heavy (non-hydrogen) atoms. The number of alkyl carbamates (subject to hydrolysis) is 1. The van der Waals surface area contributed by atoms with E-state index in [0.29, 0.717) is 12.8 Å². The Balaban J connectivity index is 1.52.